The van der Waals surface area contributed by atoms with Crippen LogP contribution in [0.3, 0.4) is 0 Å². The molecule has 0 spiro atoms. The van der Waals surface area contributed by atoms with Crippen LogP contribution in [0.4, 0.5) is 0 Å². The minimum Gasteiger partial charge on any atom is -0.376 e. The summed E-state index contributed by atoms with van der Waals surface area (Å²) in [4.78, 5) is 0. The second-order valence-corrected chi connectivity index (χ2v) is 2.87. The lowest BCUT2D eigenvalue weighted by atomic mass is 10.1. The highest BCUT2D eigenvalue weighted by molar-refractivity contribution is 7.79. The average molecular weight is 180 g/mol. The Morgan fingerprint density at radius 1 is 1.42 bits per heavy atom. The Balaban J connectivity index is 2.56. The maximum absolute atomic E-state index is 5.14. The first-order valence-electron chi connectivity index (χ1n) is 3.89. The Labute approximate surface area is 78.4 Å². The number of methoxy groups -OCH3 is 1. The molecule has 1 rings (SSSR count). The molecular weight excluding hydrogens is 168 g/mol. The number of rotatable bonds is 4. The predicted octanol–water partition coefficient (Wildman–Crippen LogP) is 2.24. The SMILES string of the molecule is COC(C=S)Cc1ccccc1. The largest absolute Gasteiger partial charge is 0.376 e. The van der Waals surface area contributed by atoms with Crippen LogP contribution in [0.5, 0.6) is 0 Å². The average Bonchev–Trinajstić information content (AvgIpc) is 2.16. The van der Waals surface area contributed by atoms with Gasteiger partial charge in [-0.3, -0.25) is 0 Å². The van der Waals surface area contributed by atoms with Crippen molar-refractivity contribution in [3.05, 3.63) is 35.9 Å². The van der Waals surface area contributed by atoms with E-state index in [0.717, 1.165) is 6.42 Å². The van der Waals surface area contributed by atoms with E-state index in [1.165, 1.54) is 5.56 Å². The summed E-state index contributed by atoms with van der Waals surface area (Å²) in [7, 11) is 1.68. The molecule has 0 saturated carbocycles. The maximum Gasteiger partial charge on any atom is 0.0893 e. The molecule has 0 aliphatic heterocycles. The molecule has 0 radical (unpaired) electrons. The molecule has 0 aliphatic rings. The lowest BCUT2D eigenvalue weighted by Crippen LogP contribution is -2.14. The van der Waals surface area contributed by atoms with Gasteiger partial charge in [0.05, 0.1) is 6.10 Å². The number of hydrogen-bond acceptors (Lipinski definition) is 2. The minimum absolute atomic E-state index is 0.0578. The molecule has 0 aliphatic carbocycles. The Hall–Kier alpha value is -0.730. The number of hydrogen-bond donors (Lipinski definition) is 0. The lowest BCUT2D eigenvalue weighted by Gasteiger charge is -2.08. The zero-order chi connectivity index (χ0) is 8.81. The fraction of sp³-hybridized carbons (Fsp3) is 0.300. The van der Waals surface area contributed by atoms with Crippen molar-refractivity contribution in [1.82, 2.24) is 0 Å². The highest BCUT2D eigenvalue weighted by atomic mass is 32.1. The molecule has 0 amide bonds. The summed E-state index contributed by atoms with van der Waals surface area (Å²) in [6.07, 6.45) is 0.920. The molecule has 0 bridgehead atoms. The van der Waals surface area contributed by atoms with Gasteiger partial charge in [-0.15, -0.1) is 0 Å². The van der Waals surface area contributed by atoms with E-state index >= 15 is 0 Å². The smallest absolute Gasteiger partial charge is 0.0893 e. The molecule has 64 valence electrons. The van der Waals surface area contributed by atoms with Crippen molar-refractivity contribution in [3.63, 3.8) is 0 Å². The Morgan fingerprint density at radius 3 is 2.58 bits per heavy atom. The van der Waals surface area contributed by atoms with Crippen LogP contribution in [0, 0.1) is 0 Å². The van der Waals surface area contributed by atoms with Crippen LogP contribution in [0.15, 0.2) is 30.3 Å². The van der Waals surface area contributed by atoms with Crippen LogP contribution < -0.4 is 0 Å². The summed E-state index contributed by atoms with van der Waals surface area (Å²) in [6, 6.07) is 10.2. The second-order valence-electron chi connectivity index (χ2n) is 2.60. The third-order valence-electron chi connectivity index (χ3n) is 1.73. The molecule has 12 heavy (non-hydrogen) atoms. The van der Waals surface area contributed by atoms with Crippen molar-refractivity contribution >= 4 is 17.6 Å². The van der Waals surface area contributed by atoms with Gasteiger partial charge < -0.3 is 4.74 Å². The zero-order valence-corrected chi connectivity index (χ0v) is 7.88. The maximum atomic E-state index is 5.14. The Kier molecular flexibility index (Phi) is 3.91. The molecule has 0 fully saturated rings. The summed E-state index contributed by atoms with van der Waals surface area (Å²) in [6.45, 7) is 0. The molecule has 0 heterocycles. The van der Waals surface area contributed by atoms with Crippen molar-refractivity contribution in [2.24, 2.45) is 0 Å². The first kappa shape index (κ1) is 9.36. The summed E-state index contributed by atoms with van der Waals surface area (Å²) in [5, 5.41) is 1.66. The van der Waals surface area contributed by atoms with E-state index in [2.05, 4.69) is 12.1 Å². The molecule has 1 unspecified atom stereocenters. The normalized spacial score (nSPS) is 12.4. The molecule has 1 aromatic rings. The monoisotopic (exact) mass is 180 g/mol. The van der Waals surface area contributed by atoms with Gasteiger partial charge in [-0.25, -0.2) is 0 Å². The summed E-state index contributed by atoms with van der Waals surface area (Å²) in [5.74, 6) is 0. The molecule has 1 aromatic carbocycles. The molecule has 0 saturated heterocycles. The van der Waals surface area contributed by atoms with Crippen LogP contribution in [-0.2, 0) is 11.2 Å². The highest BCUT2D eigenvalue weighted by Gasteiger charge is 2.02. The van der Waals surface area contributed by atoms with Gasteiger partial charge in [-0.2, -0.15) is 0 Å². The van der Waals surface area contributed by atoms with E-state index in [4.69, 9.17) is 17.0 Å². The van der Waals surface area contributed by atoms with E-state index in [-0.39, 0.29) is 6.10 Å². The van der Waals surface area contributed by atoms with Gasteiger partial charge in [-0.1, -0.05) is 42.5 Å². The summed E-state index contributed by atoms with van der Waals surface area (Å²) >= 11 is 4.82. The van der Waals surface area contributed by atoms with Crippen LogP contribution in [-0.4, -0.2) is 18.6 Å². The summed E-state index contributed by atoms with van der Waals surface area (Å²) in [5.41, 5.74) is 1.26. The number of ether oxygens (including phenoxy) is 1. The third-order valence-corrected chi connectivity index (χ3v) is 2.04. The number of benzene rings is 1. The summed E-state index contributed by atoms with van der Waals surface area (Å²) < 4.78 is 5.14. The van der Waals surface area contributed by atoms with Crippen LogP contribution in [0.2, 0.25) is 0 Å². The van der Waals surface area contributed by atoms with Crippen molar-refractivity contribution in [3.8, 4) is 0 Å². The first-order chi connectivity index (χ1) is 5.86. The van der Waals surface area contributed by atoms with Gasteiger partial charge in [0.15, 0.2) is 0 Å². The van der Waals surface area contributed by atoms with Gasteiger partial charge in [0, 0.05) is 18.9 Å². The molecule has 2 heteroatoms. The molecule has 0 N–H and O–H groups in total. The van der Waals surface area contributed by atoms with Gasteiger partial charge >= 0.3 is 0 Å². The molecule has 0 aromatic heterocycles. The van der Waals surface area contributed by atoms with Crippen LogP contribution in [0.25, 0.3) is 0 Å². The van der Waals surface area contributed by atoms with E-state index in [1.807, 2.05) is 18.2 Å². The predicted molar refractivity (Wildman–Crippen MR) is 54.6 cm³/mol. The zero-order valence-electron chi connectivity index (χ0n) is 7.07. The minimum atomic E-state index is 0.0578. The fourth-order valence-electron chi connectivity index (χ4n) is 1.03. The van der Waals surface area contributed by atoms with E-state index in [0.29, 0.717) is 0 Å². The lowest BCUT2D eigenvalue weighted by molar-refractivity contribution is 0.161. The van der Waals surface area contributed by atoms with Crippen LogP contribution >= 0.6 is 12.2 Å². The van der Waals surface area contributed by atoms with Crippen molar-refractivity contribution in [2.75, 3.05) is 7.11 Å². The van der Waals surface area contributed by atoms with Gasteiger partial charge in [0.25, 0.3) is 0 Å². The Morgan fingerprint density at radius 2 is 2.08 bits per heavy atom. The van der Waals surface area contributed by atoms with Crippen molar-refractivity contribution in [2.45, 2.75) is 12.5 Å². The van der Waals surface area contributed by atoms with Crippen molar-refractivity contribution < 1.29 is 4.74 Å². The fourth-order valence-corrected chi connectivity index (χ4v) is 1.24. The standard InChI is InChI=1S/C10H12OS/c1-11-10(8-12)7-9-5-3-2-4-6-9/h2-6,8,10H,7H2,1H3. The molecule has 1 atom stereocenters. The van der Waals surface area contributed by atoms with E-state index in [9.17, 15) is 0 Å². The number of thiocarbonyl (C=S) groups is 1. The first-order valence-corrected chi connectivity index (χ1v) is 4.36. The highest BCUT2D eigenvalue weighted by Crippen LogP contribution is 2.03. The van der Waals surface area contributed by atoms with E-state index < -0.39 is 0 Å². The van der Waals surface area contributed by atoms with Gasteiger partial charge in [0.2, 0.25) is 0 Å². The second kappa shape index (κ2) is 5.01. The quantitative estimate of drug-likeness (QED) is 0.657. The van der Waals surface area contributed by atoms with Crippen LogP contribution in [0.1, 0.15) is 5.56 Å². The molecular formula is C10H12OS. The third kappa shape index (κ3) is 2.72. The van der Waals surface area contributed by atoms with Gasteiger partial charge in [-0.05, 0) is 5.56 Å². The molecule has 1 nitrogen and oxygen atoms in total. The van der Waals surface area contributed by atoms with Gasteiger partial charge in [0.1, 0.15) is 0 Å². The van der Waals surface area contributed by atoms with E-state index in [1.54, 1.807) is 12.5 Å². The van der Waals surface area contributed by atoms with Crippen molar-refractivity contribution in [1.29, 1.82) is 0 Å². The Bertz CT molecular complexity index is 233. The topological polar surface area (TPSA) is 9.23 Å².